The number of rotatable bonds is 9. The number of hydrogen-bond donors (Lipinski definition) is 2. The SMILES string of the molecule is CCOC(=O)c1ccc(NC(=O)c2sc(NC(=O)COc3ccccc3)c(C(=O)OC)c2C)cc1. The van der Waals surface area contributed by atoms with Gasteiger partial charge in [-0.3, -0.25) is 9.59 Å². The Hall–Kier alpha value is -4.18. The topological polar surface area (TPSA) is 120 Å². The number of para-hydroxylation sites is 1. The van der Waals surface area contributed by atoms with Crippen LogP contribution in [0.15, 0.2) is 54.6 Å². The zero-order valence-corrected chi connectivity index (χ0v) is 20.2. The molecule has 3 rings (SSSR count). The number of hydrogen-bond acceptors (Lipinski definition) is 8. The van der Waals surface area contributed by atoms with Crippen molar-refractivity contribution in [3.05, 3.63) is 76.2 Å². The lowest BCUT2D eigenvalue weighted by Gasteiger charge is -2.07. The van der Waals surface area contributed by atoms with Crippen molar-refractivity contribution in [1.82, 2.24) is 0 Å². The largest absolute Gasteiger partial charge is 0.484 e. The van der Waals surface area contributed by atoms with Gasteiger partial charge in [0.15, 0.2) is 6.61 Å². The summed E-state index contributed by atoms with van der Waals surface area (Å²) in [5, 5.41) is 5.53. The summed E-state index contributed by atoms with van der Waals surface area (Å²) >= 11 is 0.947. The van der Waals surface area contributed by atoms with Gasteiger partial charge in [-0.15, -0.1) is 11.3 Å². The van der Waals surface area contributed by atoms with Crippen LogP contribution in [0.3, 0.4) is 0 Å². The van der Waals surface area contributed by atoms with E-state index in [0.29, 0.717) is 22.6 Å². The van der Waals surface area contributed by atoms with Gasteiger partial charge < -0.3 is 24.8 Å². The Balaban J connectivity index is 1.75. The van der Waals surface area contributed by atoms with E-state index in [1.54, 1.807) is 50.2 Å². The summed E-state index contributed by atoms with van der Waals surface area (Å²) in [6, 6.07) is 15.0. The molecule has 9 nitrogen and oxygen atoms in total. The summed E-state index contributed by atoms with van der Waals surface area (Å²) in [6.07, 6.45) is 0. The third-order valence-corrected chi connectivity index (χ3v) is 5.97. The lowest BCUT2D eigenvalue weighted by molar-refractivity contribution is -0.118. The standard InChI is InChI=1S/C25H24N2O7S/c1-4-33-24(30)16-10-12-17(13-11-16)26-22(29)21-15(2)20(25(31)32-3)23(35-21)27-19(28)14-34-18-8-6-5-7-9-18/h5-13H,4,14H2,1-3H3,(H,26,29)(H,27,28). The maximum absolute atomic E-state index is 12.9. The van der Waals surface area contributed by atoms with Crippen molar-refractivity contribution in [2.75, 3.05) is 31.0 Å². The van der Waals surface area contributed by atoms with Gasteiger partial charge in [-0.25, -0.2) is 9.59 Å². The highest BCUT2D eigenvalue weighted by molar-refractivity contribution is 7.19. The van der Waals surface area contributed by atoms with Gasteiger partial charge in [0, 0.05) is 5.69 Å². The molecule has 0 fully saturated rings. The Bertz CT molecular complexity index is 1220. The predicted octanol–water partition coefficient (Wildman–Crippen LogP) is 4.29. The second-order valence-electron chi connectivity index (χ2n) is 7.15. The molecule has 0 aliphatic heterocycles. The van der Waals surface area contributed by atoms with E-state index < -0.39 is 23.8 Å². The van der Waals surface area contributed by atoms with Crippen molar-refractivity contribution in [1.29, 1.82) is 0 Å². The Morgan fingerprint density at radius 3 is 2.23 bits per heavy atom. The van der Waals surface area contributed by atoms with E-state index in [1.165, 1.54) is 19.2 Å². The number of anilines is 2. The molecule has 2 N–H and O–H groups in total. The van der Waals surface area contributed by atoms with E-state index in [2.05, 4.69) is 10.6 Å². The van der Waals surface area contributed by atoms with Crippen molar-refractivity contribution in [3.8, 4) is 5.75 Å². The molecule has 0 spiro atoms. The minimum absolute atomic E-state index is 0.0911. The number of thiophene rings is 1. The van der Waals surface area contributed by atoms with Crippen LogP contribution in [0.2, 0.25) is 0 Å². The fourth-order valence-corrected chi connectivity index (χ4v) is 4.19. The molecular formula is C25H24N2O7S. The Labute approximate surface area is 206 Å². The number of esters is 2. The molecule has 0 aliphatic carbocycles. The molecule has 0 aliphatic rings. The molecule has 1 aromatic heterocycles. The van der Waals surface area contributed by atoms with Crippen LogP contribution in [0.5, 0.6) is 5.75 Å². The van der Waals surface area contributed by atoms with E-state index in [0.717, 1.165) is 11.3 Å². The molecule has 2 aromatic carbocycles. The van der Waals surface area contributed by atoms with E-state index in [4.69, 9.17) is 14.2 Å². The van der Waals surface area contributed by atoms with Crippen LogP contribution in [0, 0.1) is 6.92 Å². The van der Waals surface area contributed by atoms with Gasteiger partial charge in [0.1, 0.15) is 10.8 Å². The minimum atomic E-state index is -0.684. The number of carbonyl (C=O) groups excluding carboxylic acids is 4. The molecule has 1 heterocycles. The van der Waals surface area contributed by atoms with Crippen molar-refractivity contribution in [3.63, 3.8) is 0 Å². The van der Waals surface area contributed by atoms with Crippen LogP contribution < -0.4 is 15.4 Å². The number of methoxy groups -OCH3 is 1. The van der Waals surface area contributed by atoms with Gasteiger partial charge in [-0.2, -0.15) is 0 Å². The first-order valence-electron chi connectivity index (χ1n) is 10.6. The fourth-order valence-electron chi connectivity index (χ4n) is 3.09. The second-order valence-corrected chi connectivity index (χ2v) is 8.17. The molecule has 0 saturated carbocycles. The van der Waals surface area contributed by atoms with Crippen molar-refractivity contribution in [2.24, 2.45) is 0 Å². The Kier molecular flexibility index (Phi) is 8.58. The second kappa shape index (κ2) is 11.8. The van der Waals surface area contributed by atoms with Crippen LogP contribution in [0.1, 0.15) is 42.9 Å². The lowest BCUT2D eigenvalue weighted by Crippen LogP contribution is -2.21. The molecule has 0 saturated heterocycles. The molecule has 2 amide bonds. The quantitative estimate of drug-likeness (QED) is 0.424. The smallest absolute Gasteiger partial charge is 0.341 e. The Morgan fingerprint density at radius 1 is 0.914 bits per heavy atom. The highest BCUT2D eigenvalue weighted by Gasteiger charge is 2.26. The van der Waals surface area contributed by atoms with Gasteiger partial charge in [0.25, 0.3) is 11.8 Å². The van der Waals surface area contributed by atoms with Crippen molar-refractivity contribution >= 4 is 45.8 Å². The first-order chi connectivity index (χ1) is 16.8. The van der Waals surface area contributed by atoms with E-state index in [1.807, 2.05) is 6.07 Å². The number of ether oxygens (including phenoxy) is 3. The zero-order valence-electron chi connectivity index (χ0n) is 19.4. The molecule has 35 heavy (non-hydrogen) atoms. The molecule has 0 radical (unpaired) electrons. The fraction of sp³-hybridized carbons (Fsp3) is 0.200. The summed E-state index contributed by atoms with van der Waals surface area (Å²) in [5.74, 6) is -1.61. The lowest BCUT2D eigenvalue weighted by atomic mass is 10.1. The molecule has 0 bridgehead atoms. The molecule has 10 heteroatoms. The van der Waals surface area contributed by atoms with Crippen molar-refractivity contribution < 1.29 is 33.4 Å². The maximum Gasteiger partial charge on any atom is 0.341 e. The van der Waals surface area contributed by atoms with Crippen LogP contribution >= 0.6 is 11.3 Å². The average molecular weight is 497 g/mol. The maximum atomic E-state index is 12.9. The zero-order chi connectivity index (χ0) is 25.4. The number of amides is 2. The first kappa shape index (κ1) is 25.4. The normalized spacial score (nSPS) is 10.3. The van der Waals surface area contributed by atoms with Gasteiger partial charge >= 0.3 is 11.9 Å². The summed E-state index contributed by atoms with van der Waals surface area (Å²) in [6.45, 7) is 3.29. The number of carbonyl (C=O) groups is 4. The van der Waals surface area contributed by atoms with Crippen LogP contribution in [-0.2, 0) is 14.3 Å². The summed E-state index contributed by atoms with van der Waals surface area (Å²) in [4.78, 5) is 49.8. The van der Waals surface area contributed by atoms with E-state index in [9.17, 15) is 19.2 Å². The highest BCUT2D eigenvalue weighted by atomic mass is 32.1. The third kappa shape index (κ3) is 6.45. The summed E-state index contributed by atoms with van der Waals surface area (Å²) in [5.41, 5.74) is 1.25. The van der Waals surface area contributed by atoms with E-state index in [-0.39, 0.29) is 28.7 Å². The number of benzene rings is 2. The summed E-state index contributed by atoms with van der Waals surface area (Å²) < 4.78 is 15.2. The monoisotopic (exact) mass is 496 g/mol. The van der Waals surface area contributed by atoms with Gasteiger partial charge in [-0.1, -0.05) is 18.2 Å². The predicted molar refractivity (Wildman–Crippen MR) is 131 cm³/mol. The third-order valence-electron chi connectivity index (χ3n) is 4.76. The van der Waals surface area contributed by atoms with Crippen LogP contribution in [-0.4, -0.2) is 44.1 Å². The van der Waals surface area contributed by atoms with Gasteiger partial charge in [0.05, 0.1) is 29.7 Å². The van der Waals surface area contributed by atoms with Crippen LogP contribution in [0.4, 0.5) is 10.7 Å². The van der Waals surface area contributed by atoms with Crippen molar-refractivity contribution in [2.45, 2.75) is 13.8 Å². The van der Waals surface area contributed by atoms with Crippen LogP contribution in [0.25, 0.3) is 0 Å². The van der Waals surface area contributed by atoms with Gasteiger partial charge in [0.2, 0.25) is 0 Å². The number of nitrogens with one attached hydrogen (secondary N) is 2. The average Bonchev–Trinajstić information content (AvgIpc) is 3.19. The first-order valence-corrected chi connectivity index (χ1v) is 11.4. The van der Waals surface area contributed by atoms with Gasteiger partial charge in [-0.05, 0) is 55.8 Å². The Morgan fingerprint density at radius 2 is 1.60 bits per heavy atom. The molecule has 0 unspecified atom stereocenters. The minimum Gasteiger partial charge on any atom is -0.484 e. The summed E-state index contributed by atoms with van der Waals surface area (Å²) in [7, 11) is 1.22. The molecule has 0 atom stereocenters. The molecular weight excluding hydrogens is 472 g/mol. The molecule has 3 aromatic rings. The molecule has 182 valence electrons. The van der Waals surface area contributed by atoms with E-state index >= 15 is 0 Å². The highest BCUT2D eigenvalue weighted by Crippen LogP contribution is 2.34.